The third-order valence-corrected chi connectivity index (χ3v) is 6.39. The van der Waals surface area contributed by atoms with Gasteiger partial charge in [0.15, 0.2) is 0 Å². The van der Waals surface area contributed by atoms with Crippen molar-refractivity contribution >= 4 is 29.5 Å². The molecule has 2 heterocycles. The Labute approximate surface area is 216 Å². The lowest BCUT2D eigenvalue weighted by molar-refractivity contribution is -0.198. The van der Waals surface area contributed by atoms with Crippen molar-refractivity contribution in [3.05, 3.63) is 53.7 Å². The summed E-state index contributed by atoms with van der Waals surface area (Å²) >= 11 is 0. The van der Waals surface area contributed by atoms with E-state index in [4.69, 9.17) is 15.2 Å². The molecule has 0 radical (unpaired) electrons. The summed E-state index contributed by atoms with van der Waals surface area (Å²) in [5, 5.41) is 16.2. The van der Waals surface area contributed by atoms with Gasteiger partial charge in [0.2, 0.25) is 0 Å². The SMILES string of the molecule is C=CCOC(=O)C1=C(c2cccc(CNC(=O)NC)c2)CC2N1C(O)C2(N)C(C)C(=O)OC(C)=O.CC. The molecule has 1 saturated heterocycles. The number of ether oxygens (including phenoxy) is 2. The predicted octanol–water partition coefficient (Wildman–Crippen LogP) is 1.41. The van der Waals surface area contributed by atoms with Crippen molar-refractivity contribution in [1.82, 2.24) is 15.5 Å². The number of rotatable bonds is 8. The maximum atomic E-state index is 13.0. The molecule has 11 nitrogen and oxygen atoms in total. The predicted molar refractivity (Wildman–Crippen MR) is 136 cm³/mol. The van der Waals surface area contributed by atoms with E-state index < -0.39 is 41.6 Å². The van der Waals surface area contributed by atoms with Crippen molar-refractivity contribution in [3.63, 3.8) is 0 Å². The first-order chi connectivity index (χ1) is 17.6. The van der Waals surface area contributed by atoms with Crippen LogP contribution in [-0.4, -0.2) is 65.4 Å². The molecule has 3 rings (SSSR count). The van der Waals surface area contributed by atoms with Crippen LogP contribution in [0.15, 0.2) is 42.6 Å². The van der Waals surface area contributed by atoms with Gasteiger partial charge >= 0.3 is 23.9 Å². The Hall–Kier alpha value is -3.70. The number of nitrogens with two attached hydrogens (primary N) is 1. The summed E-state index contributed by atoms with van der Waals surface area (Å²) in [4.78, 5) is 49.7. The van der Waals surface area contributed by atoms with Crippen molar-refractivity contribution in [2.45, 2.75) is 58.5 Å². The molecule has 1 fully saturated rings. The van der Waals surface area contributed by atoms with Crippen LogP contribution in [0.1, 0.15) is 45.2 Å². The fourth-order valence-corrected chi connectivity index (χ4v) is 4.51. The van der Waals surface area contributed by atoms with Crippen molar-refractivity contribution in [3.8, 4) is 0 Å². The number of nitrogens with one attached hydrogen (secondary N) is 2. The molecular weight excluding hydrogens is 480 g/mol. The van der Waals surface area contributed by atoms with Crippen LogP contribution in [0.4, 0.5) is 4.79 Å². The van der Waals surface area contributed by atoms with E-state index in [2.05, 4.69) is 17.2 Å². The third kappa shape index (κ3) is 5.83. The average molecular weight is 517 g/mol. The van der Waals surface area contributed by atoms with Gasteiger partial charge in [-0.3, -0.25) is 9.59 Å². The number of carbonyl (C=O) groups excluding carboxylic acids is 4. The zero-order valence-electron chi connectivity index (χ0n) is 21.9. The lowest BCUT2D eigenvalue weighted by Gasteiger charge is -2.59. The molecule has 4 unspecified atom stereocenters. The molecule has 2 aliphatic rings. The highest BCUT2D eigenvalue weighted by Gasteiger charge is 2.67. The van der Waals surface area contributed by atoms with Gasteiger partial charge in [0.1, 0.15) is 18.5 Å². The van der Waals surface area contributed by atoms with Crippen LogP contribution in [0.5, 0.6) is 0 Å². The lowest BCUT2D eigenvalue weighted by Crippen LogP contribution is -2.82. The van der Waals surface area contributed by atoms with E-state index in [1.165, 1.54) is 24.9 Å². The van der Waals surface area contributed by atoms with Crippen molar-refractivity contribution in [2.24, 2.45) is 11.7 Å². The summed E-state index contributed by atoms with van der Waals surface area (Å²) in [6, 6.07) is 6.25. The van der Waals surface area contributed by atoms with Gasteiger partial charge in [-0.1, -0.05) is 44.7 Å². The number of aliphatic hydroxyl groups excluding tert-OH is 1. The highest BCUT2D eigenvalue weighted by atomic mass is 16.6. The first-order valence-corrected chi connectivity index (χ1v) is 12.1. The van der Waals surface area contributed by atoms with E-state index in [0.717, 1.165) is 12.5 Å². The first kappa shape index (κ1) is 29.5. The number of benzene rings is 1. The molecule has 2 amide bonds. The van der Waals surface area contributed by atoms with Crippen LogP contribution in [0.2, 0.25) is 0 Å². The first-order valence-electron chi connectivity index (χ1n) is 12.1. The Morgan fingerprint density at radius 2 is 2.00 bits per heavy atom. The van der Waals surface area contributed by atoms with E-state index >= 15 is 0 Å². The monoisotopic (exact) mass is 516 g/mol. The maximum Gasteiger partial charge on any atom is 0.355 e. The van der Waals surface area contributed by atoms with Crippen LogP contribution in [-0.2, 0) is 30.4 Å². The summed E-state index contributed by atoms with van der Waals surface area (Å²) in [5.41, 5.74) is 7.22. The highest BCUT2D eigenvalue weighted by molar-refractivity contribution is 5.99. The fourth-order valence-electron chi connectivity index (χ4n) is 4.51. The topological polar surface area (TPSA) is 160 Å². The van der Waals surface area contributed by atoms with Gasteiger partial charge in [-0.05, 0) is 36.1 Å². The quantitative estimate of drug-likeness (QED) is 0.227. The largest absolute Gasteiger partial charge is 0.457 e. The fraction of sp³-hybridized carbons (Fsp3) is 0.462. The Bertz CT molecular complexity index is 1090. The van der Waals surface area contributed by atoms with Gasteiger partial charge < -0.3 is 35.8 Å². The van der Waals surface area contributed by atoms with Crippen molar-refractivity contribution in [1.29, 1.82) is 0 Å². The summed E-state index contributed by atoms with van der Waals surface area (Å²) in [6.45, 7) is 10.3. The van der Waals surface area contributed by atoms with Gasteiger partial charge in [0, 0.05) is 20.5 Å². The van der Waals surface area contributed by atoms with E-state index in [9.17, 15) is 24.3 Å². The molecule has 1 aromatic carbocycles. The molecule has 0 spiro atoms. The highest BCUT2D eigenvalue weighted by Crippen LogP contribution is 2.52. The third-order valence-electron chi connectivity index (χ3n) is 6.39. The molecule has 202 valence electrons. The Morgan fingerprint density at radius 1 is 1.32 bits per heavy atom. The summed E-state index contributed by atoms with van der Waals surface area (Å²) in [6.07, 6.45) is 0.259. The van der Waals surface area contributed by atoms with E-state index in [1.54, 1.807) is 12.1 Å². The second-order valence-corrected chi connectivity index (χ2v) is 8.48. The van der Waals surface area contributed by atoms with E-state index in [0.29, 0.717) is 11.1 Å². The molecule has 2 aliphatic heterocycles. The molecule has 11 heteroatoms. The molecule has 37 heavy (non-hydrogen) atoms. The van der Waals surface area contributed by atoms with E-state index in [1.807, 2.05) is 26.0 Å². The van der Waals surface area contributed by atoms with Gasteiger partial charge in [-0.25, -0.2) is 9.59 Å². The second kappa shape index (κ2) is 12.5. The lowest BCUT2D eigenvalue weighted by atomic mass is 9.69. The molecule has 1 aromatic rings. The van der Waals surface area contributed by atoms with Crippen LogP contribution in [0.25, 0.3) is 5.57 Å². The zero-order chi connectivity index (χ0) is 27.9. The van der Waals surface area contributed by atoms with Gasteiger partial charge in [0.05, 0.1) is 17.5 Å². The summed E-state index contributed by atoms with van der Waals surface area (Å²) in [5.74, 6) is -3.34. The number of aliphatic hydroxyl groups is 1. The average Bonchev–Trinajstić information content (AvgIpc) is 3.28. The van der Waals surface area contributed by atoms with Gasteiger partial charge in [-0.15, -0.1) is 0 Å². The van der Waals surface area contributed by atoms with Gasteiger partial charge in [0.25, 0.3) is 0 Å². The minimum atomic E-state index is -1.48. The Morgan fingerprint density at radius 3 is 2.59 bits per heavy atom. The molecule has 0 saturated carbocycles. The molecule has 5 N–H and O–H groups in total. The number of nitrogens with zero attached hydrogens (tertiary/aromatic N) is 1. The standard InChI is InChI=1S/C24H30N4O7.C2H6/c1-5-9-34-21(31)19-17(16-8-6-7-15(10-16)12-27-23(33)26-4)11-18-24(25,22(32)28(18)19)13(2)20(30)35-14(3)29;1-2/h5-8,10,13,18,22,32H,1,9,11-12,25H2,2-4H3,(H2,26,27,33);1-2H3. The van der Waals surface area contributed by atoms with E-state index in [-0.39, 0.29) is 31.3 Å². The number of amides is 2. The zero-order valence-corrected chi connectivity index (χ0v) is 21.9. The van der Waals surface area contributed by atoms with Crippen molar-refractivity contribution in [2.75, 3.05) is 13.7 Å². The van der Waals surface area contributed by atoms with Crippen molar-refractivity contribution < 1.29 is 33.8 Å². The van der Waals surface area contributed by atoms with Crippen LogP contribution in [0.3, 0.4) is 0 Å². The Kier molecular flexibility index (Phi) is 9.98. The Balaban J connectivity index is 0.00000235. The van der Waals surface area contributed by atoms with Crippen LogP contribution in [0, 0.1) is 5.92 Å². The summed E-state index contributed by atoms with van der Waals surface area (Å²) < 4.78 is 9.97. The minimum Gasteiger partial charge on any atom is -0.457 e. The second-order valence-electron chi connectivity index (χ2n) is 8.48. The minimum absolute atomic E-state index is 0.0323. The maximum absolute atomic E-state index is 13.0. The van der Waals surface area contributed by atoms with Crippen LogP contribution >= 0.6 is 0 Å². The molecule has 4 atom stereocenters. The number of hydrogen-bond donors (Lipinski definition) is 4. The van der Waals surface area contributed by atoms with Crippen LogP contribution < -0.4 is 16.4 Å². The molecule has 0 bridgehead atoms. The molecule has 0 aromatic heterocycles. The smallest absolute Gasteiger partial charge is 0.355 e. The number of urea groups is 1. The number of esters is 3. The number of hydrogen-bond acceptors (Lipinski definition) is 9. The molecule has 0 aliphatic carbocycles. The molecular formula is C26H36N4O7. The number of fused-ring (bicyclic) bond motifs is 1. The van der Waals surface area contributed by atoms with Gasteiger partial charge in [-0.2, -0.15) is 0 Å². The number of carbonyl (C=O) groups is 4. The normalized spacial score (nSPS) is 22.4. The summed E-state index contributed by atoms with van der Waals surface area (Å²) in [7, 11) is 1.51.